The third-order valence-corrected chi connectivity index (χ3v) is 1.97. The van der Waals surface area contributed by atoms with Gasteiger partial charge in [0.15, 0.2) is 0 Å². The van der Waals surface area contributed by atoms with Gasteiger partial charge in [-0.25, -0.2) is 0 Å². The first-order valence-corrected chi connectivity index (χ1v) is 5.07. The summed E-state index contributed by atoms with van der Waals surface area (Å²) in [6.07, 6.45) is -0.453. The molecule has 2 amide bonds. The second-order valence-corrected chi connectivity index (χ2v) is 3.61. The monoisotopic (exact) mass is 216 g/mol. The van der Waals surface area contributed by atoms with Gasteiger partial charge in [-0.05, 0) is 6.92 Å². The fraction of sp³-hybridized carbons (Fsp3) is 0.800. The van der Waals surface area contributed by atoms with Crippen LogP contribution >= 0.6 is 0 Å². The zero-order chi connectivity index (χ0) is 11.8. The van der Waals surface area contributed by atoms with Crippen molar-refractivity contribution in [3.63, 3.8) is 0 Å². The summed E-state index contributed by atoms with van der Waals surface area (Å²) in [4.78, 5) is 22.3. The molecule has 0 radical (unpaired) electrons. The maximum absolute atomic E-state index is 11.2. The molecule has 0 saturated heterocycles. The maximum Gasteiger partial charge on any atom is 0.248 e. The number of rotatable bonds is 6. The molecule has 5 heteroatoms. The number of hydrogen-bond acceptors (Lipinski definition) is 3. The third kappa shape index (κ3) is 6.06. The van der Waals surface area contributed by atoms with Gasteiger partial charge in [0.2, 0.25) is 11.8 Å². The SMILES string of the molecule is COC(C)C(=O)NCCNC(=O)C(C)C. The fourth-order valence-corrected chi connectivity index (χ4v) is 0.826. The van der Waals surface area contributed by atoms with E-state index in [9.17, 15) is 9.59 Å². The Balaban J connectivity index is 3.55. The molecule has 0 aliphatic carbocycles. The maximum atomic E-state index is 11.2. The molecule has 0 bridgehead atoms. The summed E-state index contributed by atoms with van der Waals surface area (Å²) in [7, 11) is 1.48. The van der Waals surface area contributed by atoms with Crippen molar-refractivity contribution in [2.75, 3.05) is 20.2 Å². The van der Waals surface area contributed by atoms with E-state index in [2.05, 4.69) is 10.6 Å². The molecule has 0 aliphatic rings. The van der Waals surface area contributed by atoms with Gasteiger partial charge < -0.3 is 15.4 Å². The molecule has 0 rings (SSSR count). The second kappa shape index (κ2) is 7.23. The van der Waals surface area contributed by atoms with Crippen molar-refractivity contribution in [3.8, 4) is 0 Å². The number of methoxy groups -OCH3 is 1. The normalized spacial score (nSPS) is 12.3. The number of ether oxygens (including phenoxy) is 1. The molecule has 15 heavy (non-hydrogen) atoms. The van der Waals surface area contributed by atoms with Crippen molar-refractivity contribution < 1.29 is 14.3 Å². The molecule has 5 nitrogen and oxygen atoms in total. The van der Waals surface area contributed by atoms with Gasteiger partial charge in [0.1, 0.15) is 6.10 Å². The van der Waals surface area contributed by atoms with Gasteiger partial charge >= 0.3 is 0 Å². The van der Waals surface area contributed by atoms with Crippen molar-refractivity contribution in [1.29, 1.82) is 0 Å². The number of nitrogens with one attached hydrogen (secondary N) is 2. The van der Waals surface area contributed by atoms with Crippen LogP contribution in [0.5, 0.6) is 0 Å². The molecule has 0 aromatic rings. The second-order valence-electron chi connectivity index (χ2n) is 3.61. The molecule has 1 atom stereocenters. The lowest BCUT2D eigenvalue weighted by molar-refractivity contribution is -0.130. The Labute approximate surface area is 90.6 Å². The first-order chi connectivity index (χ1) is 6.99. The molecule has 0 saturated carbocycles. The van der Waals surface area contributed by atoms with Gasteiger partial charge in [0.25, 0.3) is 0 Å². The Morgan fingerprint density at radius 2 is 1.53 bits per heavy atom. The number of amides is 2. The van der Waals surface area contributed by atoms with Crippen LogP contribution < -0.4 is 10.6 Å². The summed E-state index contributed by atoms with van der Waals surface area (Å²) in [6.45, 7) is 6.17. The van der Waals surface area contributed by atoms with Gasteiger partial charge in [0, 0.05) is 26.1 Å². The molecule has 88 valence electrons. The Hall–Kier alpha value is -1.10. The highest BCUT2D eigenvalue weighted by Crippen LogP contribution is 1.89. The highest BCUT2D eigenvalue weighted by molar-refractivity contribution is 5.80. The molecule has 0 spiro atoms. The highest BCUT2D eigenvalue weighted by Gasteiger charge is 2.10. The fourth-order valence-electron chi connectivity index (χ4n) is 0.826. The van der Waals surface area contributed by atoms with Crippen LogP contribution in [0.25, 0.3) is 0 Å². The van der Waals surface area contributed by atoms with E-state index in [1.165, 1.54) is 7.11 Å². The third-order valence-electron chi connectivity index (χ3n) is 1.97. The summed E-state index contributed by atoms with van der Waals surface area (Å²) in [5.41, 5.74) is 0. The van der Waals surface area contributed by atoms with E-state index in [0.29, 0.717) is 13.1 Å². The van der Waals surface area contributed by atoms with Crippen molar-refractivity contribution in [2.24, 2.45) is 5.92 Å². The van der Waals surface area contributed by atoms with Crippen LogP contribution in [0.4, 0.5) is 0 Å². The number of carbonyl (C=O) groups is 2. The van der Waals surface area contributed by atoms with Gasteiger partial charge in [-0.3, -0.25) is 9.59 Å². The summed E-state index contributed by atoms with van der Waals surface area (Å²) in [6, 6.07) is 0. The topological polar surface area (TPSA) is 67.4 Å². The smallest absolute Gasteiger partial charge is 0.248 e. The lowest BCUT2D eigenvalue weighted by Crippen LogP contribution is -2.40. The van der Waals surface area contributed by atoms with Crippen LogP contribution in [-0.4, -0.2) is 38.1 Å². The van der Waals surface area contributed by atoms with Gasteiger partial charge in [-0.1, -0.05) is 13.8 Å². The highest BCUT2D eigenvalue weighted by atomic mass is 16.5. The Kier molecular flexibility index (Phi) is 6.70. The van der Waals surface area contributed by atoms with E-state index in [0.717, 1.165) is 0 Å². The predicted octanol–water partition coefficient (Wildman–Crippen LogP) is -0.0903. The van der Waals surface area contributed by atoms with E-state index >= 15 is 0 Å². The van der Waals surface area contributed by atoms with Crippen LogP contribution in [0.3, 0.4) is 0 Å². The van der Waals surface area contributed by atoms with E-state index < -0.39 is 6.10 Å². The standard InChI is InChI=1S/C10H20N2O3/c1-7(2)9(13)11-5-6-12-10(14)8(3)15-4/h7-8H,5-6H2,1-4H3,(H,11,13)(H,12,14). The minimum atomic E-state index is -0.453. The number of hydrogen-bond donors (Lipinski definition) is 2. The zero-order valence-electron chi connectivity index (χ0n) is 9.79. The molecule has 0 aliphatic heterocycles. The van der Waals surface area contributed by atoms with Gasteiger partial charge in [0.05, 0.1) is 0 Å². The Morgan fingerprint density at radius 1 is 1.07 bits per heavy atom. The summed E-state index contributed by atoms with van der Waals surface area (Å²) in [5, 5.41) is 5.35. The molecular formula is C10H20N2O3. The van der Waals surface area contributed by atoms with Crippen LogP contribution in [0.1, 0.15) is 20.8 Å². The van der Waals surface area contributed by atoms with Crippen LogP contribution in [0, 0.1) is 5.92 Å². The average Bonchev–Trinajstić information content (AvgIpc) is 2.22. The molecule has 2 N–H and O–H groups in total. The summed E-state index contributed by atoms with van der Waals surface area (Å²) < 4.78 is 4.83. The van der Waals surface area contributed by atoms with Crippen LogP contribution in [-0.2, 0) is 14.3 Å². The zero-order valence-corrected chi connectivity index (χ0v) is 9.79. The Morgan fingerprint density at radius 3 is 1.93 bits per heavy atom. The molecule has 0 aromatic heterocycles. The summed E-state index contributed by atoms with van der Waals surface area (Å²) >= 11 is 0. The van der Waals surface area contributed by atoms with E-state index in [4.69, 9.17) is 4.74 Å². The van der Waals surface area contributed by atoms with Gasteiger partial charge in [-0.15, -0.1) is 0 Å². The van der Waals surface area contributed by atoms with Crippen LogP contribution in [0.15, 0.2) is 0 Å². The molecule has 0 heterocycles. The first-order valence-electron chi connectivity index (χ1n) is 5.07. The molecule has 0 aromatic carbocycles. The lowest BCUT2D eigenvalue weighted by Gasteiger charge is -2.11. The Bertz CT molecular complexity index is 217. The quantitative estimate of drug-likeness (QED) is 0.610. The van der Waals surface area contributed by atoms with E-state index in [1.54, 1.807) is 6.92 Å². The minimum Gasteiger partial charge on any atom is -0.372 e. The van der Waals surface area contributed by atoms with E-state index in [-0.39, 0.29) is 17.7 Å². The predicted molar refractivity (Wildman–Crippen MR) is 57.3 cm³/mol. The van der Waals surface area contributed by atoms with Gasteiger partial charge in [-0.2, -0.15) is 0 Å². The van der Waals surface area contributed by atoms with Crippen molar-refractivity contribution in [3.05, 3.63) is 0 Å². The average molecular weight is 216 g/mol. The largest absolute Gasteiger partial charge is 0.372 e. The number of carbonyl (C=O) groups excluding carboxylic acids is 2. The summed E-state index contributed by atoms with van der Waals surface area (Å²) in [5.74, 6) is -0.209. The molecular weight excluding hydrogens is 196 g/mol. The lowest BCUT2D eigenvalue weighted by atomic mass is 10.2. The molecule has 1 unspecified atom stereocenters. The first kappa shape index (κ1) is 13.9. The van der Waals surface area contributed by atoms with E-state index in [1.807, 2.05) is 13.8 Å². The van der Waals surface area contributed by atoms with Crippen molar-refractivity contribution in [1.82, 2.24) is 10.6 Å². The van der Waals surface area contributed by atoms with Crippen LogP contribution in [0.2, 0.25) is 0 Å². The van der Waals surface area contributed by atoms with Crippen molar-refractivity contribution >= 4 is 11.8 Å². The molecule has 0 fully saturated rings. The van der Waals surface area contributed by atoms with Crippen molar-refractivity contribution in [2.45, 2.75) is 26.9 Å². The minimum absolute atomic E-state index is 0.0101.